The van der Waals surface area contributed by atoms with E-state index in [0.717, 1.165) is 11.0 Å². The van der Waals surface area contributed by atoms with E-state index in [0.29, 0.717) is 11.8 Å². The van der Waals surface area contributed by atoms with Gasteiger partial charge in [0.25, 0.3) is 10.8 Å². The molecule has 3 rings (SSSR count). The summed E-state index contributed by atoms with van der Waals surface area (Å²) in [5.41, 5.74) is 4.61. The van der Waals surface area contributed by atoms with Gasteiger partial charge in [0.2, 0.25) is 0 Å². The molecule has 3 heterocycles. The maximum absolute atomic E-state index is 12.0. The van der Waals surface area contributed by atoms with E-state index in [1.807, 2.05) is 0 Å². The molecular formula is C11H13N5O6S. The number of aromatic amines is 1. The van der Waals surface area contributed by atoms with E-state index in [1.165, 1.54) is 0 Å². The number of nitrogens with two attached hydrogens (primary N) is 1. The van der Waals surface area contributed by atoms with Gasteiger partial charge in [0, 0.05) is 0 Å². The topological polar surface area (TPSA) is 177 Å². The van der Waals surface area contributed by atoms with E-state index in [1.54, 1.807) is 0 Å². The van der Waals surface area contributed by atoms with E-state index in [-0.39, 0.29) is 16.1 Å². The molecule has 2 aromatic rings. The van der Waals surface area contributed by atoms with Crippen LogP contribution in [0.25, 0.3) is 11.0 Å². The Hall–Kier alpha value is -1.99. The molecule has 1 saturated heterocycles. The van der Waals surface area contributed by atoms with Gasteiger partial charge >= 0.3 is 0 Å². The van der Waals surface area contributed by atoms with Crippen LogP contribution in [0.4, 0.5) is 4.79 Å². The highest BCUT2D eigenvalue weighted by Gasteiger charge is 2.44. The first-order valence-corrected chi connectivity index (χ1v) is 7.31. The highest BCUT2D eigenvalue weighted by atomic mass is 32.2. The molecule has 6 N–H and O–H groups in total. The van der Waals surface area contributed by atoms with Crippen LogP contribution in [-0.4, -0.2) is 65.2 Å². The van der Waals surface area contributed by atoms with Gasteiger partial charge in [-0.25, -0.2) is 9.67 Å². The zero-order valence-electron chi connectivity index (χ0n) is 11.5. The van der Waals surface area contributed by atoms with Gasteiger partial charge < -0.3 is 30.8 Å². The Balaban J connectivity index is 2.13. The largest absolute Gasteiger partial charge is 0.394 e. The first-order valence-electron chi connectivity index (χ1n) is 6.49. The highest BCUT2D eigenvalue weighted by Crippen LogP contribution is 2.33. The quantitative estimate of drug-likeness (QED) is 0.391. The molecule has 12 heteroatoms. The molecule has 124 valence electrons. The van der Waals surface area contributed by atoms with Gasteiger partial charge in [0.15, 0.2) is 11.9 Å². The molecule has 0 aliphatic carbocycles. The SMILES string of the molecule is NC(=O)Sc1nn([C@@H]2O[C@H](CO)[C@@H](O)[C@H]2O)c2nc[nH]c(=O)c12. The van der Waals surface area contributed by atoms with Crippen LogP contribution in [0.2, 0.25) is 0 Å². The highest BCUT2D eigenvalue weighted by molar-refractivity contribution is 8.13. The molecular weight excluding hydrogens is 330 g/mol. The molecule has 1 aliphatic rings. The second-order valence-corrected chi connectivity index (χ2v) is 5.82. The van der Waals surface area contributed by atoms with Crippen molar-refractivity contribution in [2.24, 2.45) is 5.73 Å². The number of ether oxygens (including phenoxy) is 1. The van der Waals surface area contributed by atoms with E-state index in [9.17, 15) is 19.8 Å². The lowest BCUT2D eigenvalue weighted by atomic mass is 10.1. The molecule has 1 aliphatic heterocycles. The summed E-state index contributed by atoms with van der Waals surface area (Å²) in [5, 5.41) is 32.3. The molecule has 4 atom stereocenters. The Labute approximate surface area is 132 Å². The number of rotatable bonds is 3. The average Bonchev–Trinajstić information content (AvgIpc) is 2.99. The van der Waals surface area contributed by atoms with Gasteiger partial charge in [-0.15, -0.1) is 0 Å². The minimum Gasteiger partial charge on any atom is -0.394 e. The van der Waals surface area contributed by atoms with Gasteiger partial charge in [0.1, 0.15) is 28.7 Å². The van der Waals surface area contributed by atoms with Crippen LogP contribution in [0.3, 0.4) is 0 Å². The Morgan fingerprint density at radius 2 is 2.22 bits per heavy atom. The number of H-pyrrole nitrogens is 1. The molecule has 11 nitrogen and oxygen atoms in total. The first kappa shape index (κ1) is 15.9. The molecule has 1 amide bonds. The summed E-state index contributed by atoms with van der Waals surface area (Å²) in [6.45, 7) is -0.509. The van der Waals surface area contributed by atoms with E-state index >= 15 is 0 Å². The lowest BCUT2D eigenvalue weighted by Gasteiger charge is -2.15. The van der Waals surface area contributed by atoms with Crippen molar-refractivity contribution in [2.75, 3.05) is 6.61 Å². The predicted octanol–water partition coefficient (Wildman–Crippen LogP) is -2.10. The van der Waals surface area contributed by atoms with Crippen LogP contribution < -0.4 is 11.3 Å². The number of thioether (sulfide) groups is 1. The summed E-state index contributed by atoms with van der Waals surface area (Å²) in [4.78, 5) is 29.4. The second-order valence-electron chi connectivity index (χ2n) is 4.83. The summed E-state index contributed by atoms with van der Waals surface area (Å²) in [6, 6.07) is 0. The third kappa shape index (κ3) is 2.60. The maximum Gasteiger partial charge on any atom is 0.282 e. The predicted molar refractivity (Wildman–Crippen MR) is 76.6 cm³/mol. The third-order valence-corrected chi connectivity index (χ3v) is 4.10. The van der Waals surface area contributed by atoms with Crippen LogP contribution in [0.5, 0.6) is 0 Å². The minimum absolute atomic E-state index is 0.000381. The van der Waals surface area contributed by atoms with E-state index < -0.39 is 41.9 Å². The van der Waals surface area contributed by atoms with Crippen LogP contribution in [0, 0.1) is 0 Å². The molecule has 0 unspecified atom stereocenters. The number of primary amides is 1. The molecule has 0 aromatic carbocycles. The Bertz CT molecular complexity index is 806. The number of aromatic nitrogens is 4. The molecule has 0 saturated carbocycles. The van der Waals surface area contributed by atoms with Crippen molar-refractivity contribution < 1.29 is 24.9 Å². The van der Waals surface area contributed by atoms with Crippen LogP contribution >= 0.6 is 11.8 Å². The third-order valence-electron chi connectivity index (χ3n) is 3.42. The van der Waals surface area contributed by atoms with Crippen molar-refractivity contribution in [3.8, 4) is 0 Å². The summed E-state index contributed by atoms with van der Waals surface area (Å²) in [7, 11) is 0. The van der Waals surface area contributed by atoms with Crippen LogP contribution in [0.1, 0.15) is 6.23 Å². The molecule has 2 aromatic heterocycles. The van der Waals surface area contributed by atoms with Crippen LogP contribution in [-0.2, 0) is 4.74 Å². The number of nitrogens with zero attached hydrogens (tertiary/aromatic N) is 3. The van der Waals surface area contributed by atoms with Gasteiger partial charge in [-0.1, -0.05) is 0 Å². The van der Waals surface area contributed by atoms with Gasteiger partial charge in [0.05, 0.1) is 12.9 Å². The fraction of sp³-hybridized carbons (Fsp3) is 0.455. The number of carbonyl (C=O) groups is 1. The van der Waals surface area contributed by atoms with Gasteiger partial charge in [-0.3, -0.25) is 9.59 Å². The maximum atomic E-state index is 12.0. The number of nitrogens with one attached hydrogen (secondary N) is 1. The van der Waals surface area contributed by atoms with Gasteiger partial charge in [-0.2, -0.15) is 5.10 Å². The molecule has 0 spiro atoms. The number of aliphatic hydroxyl groups is 3. The fourth-order valence-corrected chi connectivity index (χ4v) is 2.98. The molecule has 0 bridgehead atoms. The Morgan fingerprint density at radius 3 is 2.83 bits per heavy atom. The number of aliphatic hydroxyl groups excluding tert-OH is 3. The monoisotopic (exact) mass is 343 g/mol. The lowest BCUT2D eigenvalue weighted by Crippen LogP contribution is -2.33. The minimum atomic E-state index is -1.40. The van der Waals surface area contributed by atoms with E-state index in [4.69, 9.17) is 15.6 Å². The average molecular weight is 343 g/mol. The van der Waals surface area contributed by atoms with Crippen molar-refractivity contribution in [1.29, 1.82) is 0 Å². The number of hydrogen-bond acceptors (Lipinski definition) is 9. The summed E-state index contributed by atoms with van der Waals surface area (Å²) in [5.74, 6) is 0. The normalized spacial score (nSPS) is 27.6. The van der Waals surface area contributed by atoms with Crippen molar-refractivity contribution >= 4 is 28.0 Å². The zero-order valence-corrected chi connectivity index (χ0v) is 12.3. The Morgan fingerprint density at radius 1 is 1.48 bits per heavy atom. The summed E-state index contributed by atoms with van der Waals surface area (Å²) < 4.78 is 6.44. The number of carbonyl (C=O) groups excluding carboxylic acids is 1. The van der Waals surface area contributed by atoms with Crippen molar-refractivity contribution in [1.82, 2.24) is 19.7 Å². The van der Waals surface area contributed by atoms with Gasteiger partial charge in [-0.05, 0) is 11.8 Å². The van der Waals surface area contributed by atoms with Crippen molar-refractivity contribution in [3.05, 3.63) is 16.7 Å². The zero-order chi connectivity index (χ0) is 16.7. The smallest absolute Gasteiger partial charge is 0.282 e. The summed E-state index contributed by atoms with van der Waals surface area (Å²) in [6.07, 6.45) is -3.80. The standard InChI is InChI=1S/C11H13N5O6S/c12-11(21)23-9-4-7(13-2-14-8(4)20)16(15-9)10-6(19)5(18)3(1-17)22-10/h2-3,5-6,10,17-19H,1H2,(H2,12,21)(H,13,14,20)/t3-,5-,6-,10-/m1/s1. The molecule has 23 heavy (non-hydrogen) atoms. The second kappa shape index (κ2) is 5.90. The van der Waals surface area contributed by atoms with Crippen molar-refractivity contribution in [2.45, 2.75) is 29.6 Å². The molecule has 1 fully saturated rings. The first-order chi connectivity index (χ1) is 10.9. The fourth-order valence-electron chi connectivity index (χ4n) is 2.38. The number of amides is 1. The van der Waals surface area contributed by atoms with Crippen molar-refractivity contribution in [3.63, 3.8) is 0 Å². The van der Waals surface area contributed by atoms with Crippen LogP contribution in [0.15, 0.2) is 16.1 Å². The number of hydrogen-bond donors (Lipinski definition) is 5. The Kier molecular flexibility index (Phi) is 4.08. The molecule has 0 radical (unpaired) electrons. The lowest BCUT2D eigenvalue weighted by molar-refractivity contribution is -0.0571. The summed E-state index contributed by atoms with van der Waals surface area (Å²) >= 11 is 0.528. The number of fused-ring (bicyclic) bond motifs is 1. The van der Waals surface area contributed by atoms with E-state index in [2.05, 4.69) is 15.1 Å².